The molecule has 0 saturated heterocycles. The number of hydrogen-bond donors (Lipinski definition) is 3. The Labute approximate surface area is 114 Å². The number of nitrogen functional groups attached to an aromatic ring is 1. The van der Waals surface area contributed by atoms with Gasteiger partial charge in [0.15, 0.2) is 0 Å². The summed E-state index contributed by atoms with van der Waals surface area (Å²) in [6.07, 6.45) is 4.40. The number of nitrogens with zero attached hydrogens (tertiary/aromatic N) is 1. The second-order valence-corrected chi connectivity index (χ2v) is 5.29. The van der Waals surface area contributed by atoms with Gasteiger partial charge in [-0.25, -0.2) is 0 Å². The van der Waals surface area contributed by atoms with Crippen molar-refractivity contribution in [1.29, 1.82) is 5.41 Å². The van der Waals surface area contributed by atoms with Gasteiger partial charge in [0.25, 0.3) is 0 Å². The minimum absolute atomic E-state index is 0.114. The van der Waals surface area contributed by atoms with Crippen LogP contribution in [0.25, 0.3) is 0 Å². The van der Waals surface area contributed by atoms with Gasteiger partial charge in [-0.3, -0.25) is 5.41 Å². The Kier molecular flexibility index (Phi) is 4.43. The zero-order valence-corrected chi connectivity index (χ0v) is 11.5. The summed E-state index contributed by atoms with van der Waals surface area (Å²) in [4.78, 5) is 2.32. The first kappa shape index (κ1) is 13.9. The number of rotatable bonds is 6. The molecule has 104 valence electrons. The molecular weight excluding hydrogens is 238 g/mol. The predicted octanol–water partition coefficient (Wildman–Crippen LogP) is 2.02. The molecule has 0 atom stereocenters. The maximum Gasteiger partial charge on any atom is 0.124 e. The van der Waals surface area contributed by atoms with Crippen molar-refractivity contribution in [2.75, 3.05) is 18.1 Å². The van der Waals surface area contributed by atoms with Gasteiger partial charge in [0, 0.05) is 30.4 Å². The third-order valence-corrected chi connectivity index (χ3v) is 3.83. The molecule has 1 saturated carbocycles. The van der Waals surface area contributed by atoms with Crippen molar-refractivity contribution in [3.05, 3.63) is 29.3 Å². The van der Waals surface area contributed by atoms with Crippen molar-refractivity contribution in [3.8, 4) is 0 Å². The van der Waals surface area contributed by atoms with Crippen LogP contribution in [0.2, 0.25) is 0 Å². The maximum absolute atomic E-state index is 9.07. The predicted molar refractivity (Wildman–Crippen MR) is 78.9 cm³/mol. The van der Waals surface area contributed by atoms with E-state index in [0.29, 0.717) is 6.04 Å². The van der Waals surface area contributed by atoms with Crippen LogP contribution >= 0.6 is 0 Å². The zero-order valence-electron chi connectivity index (χ0n) is 11.5. The molecule has 4 nitrogen and oxygen atoms in total. The van der Waals surface area contributed by atoms with Crippen LogP contribution in [0.15, 0.2) is 18.2 Å². The summed E-state index contributed by atoms with van der Waals surface area (Å²) < 4.78 is 0. The molecule has 1 aromatic rings. The summed E-state index contributed by atoms with van der Waals surface area (Å²) in [7, 11) is 0. The van der Waals surface area contributed by atoms with E-state index < -0.39 is 0 Å². The van der Waals surface area contributed by atoms with Gasteiger partial charge >= 0.3 is 0 Å². The topological polar surface area (TPSA) is 73.3 Å². The van der Waals surface area contributed by atoms with Gasteiger partial charge in [0.05, 0.1) is 0 Å². The van der Waals surface area contributed by atoms with Gasteiger partial charge in [0.1, 0.15) is 5.84 Å². The fourth-order valence-electron chi connectivity index (χ4n) is 2.55. The van der Waals surface area contributed by atoms with Crippen LogP contribution < -0.4 is 10.6 Å². The Morgan fingerprint density at radius 1 is 1.47 bits per heavy atom. The van der Waals surface area contributed by atoms with Crippen molar-refractivity contribution in [1.82, 2.24) is 0 Å². The van der Waals surface area contributed by atoms with Crippen LogP contribution in [0.3, 0.4) is 0 Å². The van der Waals surface area contributed by atoms with Crippen LogP contribution in [0.5, 0.6) is 0 Å². The molecule has 1 aliphatic carbocycles. The first-order chi connectivity index (χ1) is 9.13. The third kappa shape index (κ3) is 3.07. The van der Waals surface area contributed by atoms with Crippen molar-refractivity contribution in [2.24, 2.45) is 5.73 Å². The van der Waals surface area contributed by atoms with Crippen molar-refractivity contribution >= 4 is 11.5 Å². The molecule has 0 aliphatic heterocycles. The van der Waals surface area contributed by atoms with E-state index in [4.69, 9.17) is 16.2 Å². The van der Waals surface area contributed by atoms with Gasteiger partial charge in [-0.15, -0.1) is 0 Å². The highest BCUT2D eigenvalue weighted by Crippen LogP contribution is 2.32. The van der Waals surface area contributed by atoms with Crippen molar-refractivity contribution < 1.29 is 5.11 Å². The van der Waals surface area contributed by atoms with E-state index in [1.54, 1.807) is 0 Å². The summed E-state index contributed by atoms with van der Waals surface area (Å²) in [5.41, 5.74) is 8.72. The molecule has 0 amide bonds. The lowest BCUT2D eigenvalue weighted by molar-refractivity contribution is 0.283. The molecule has 1 aliphatic rings. The van der Waals surface area contributed by atoms with Crippen LogP contribution in [0, 0.1) is 12.3 Å². The largest absolute Gasteiger partial charge is 0.396 e. The second-order valence-electron chi connectivity index (χ2n) is 5.29. The number of nitrogens with one attached hydrogen (secondary N) is 1. The molecule has 0 aromatic heterocycles. The van der Waals surface area contributed by atoms with Gasteiger partial charge in [-0.2, -0.15) is 0 Å². The molecule has 0 bridgehead atoms. The summed E-state index contributed by atoms with van der Waals surface area (Å²) in [5.74, 6) is 0.114. The standard InChI is InChI=1S/C15H23N3O/c1-11-6-7-13(15(16)17)14(10-11)18(8-3-9-19)12-4-2-5-12/h6-7,10,12,19H,2-5,8-9H2,1H3,(H3,16,17). The molecule has 0 spiro atoms. The number of amidine groups is 1. The monoisotopic (exact) mass is 261 g/mol. The number of anilines is 1. The zero-order chi connectivity index (χ0) is 13.8. The SMILES string of the molecule is Cc1ccc(C(=N)N)c(N(CCCO)C2CCC2)c1. The first-order valence-electron chi connectivity index (χ1n) is 6.96. The molecule has 19 heavy (non-hydrogen) atoms. The highest BCUT2D eigenvalue weighted by atomic mass is 16.3. The van der Waals surface area contributed by atoms with E-state index in [1.807, 2.05) is 12.1 Å². The maximum atomic E-state index is 9.07. The summed E-state index contributed by atoms with van der Waals surface area (Å²) >= 11 is 0. The normalized spacial score (nSPS) is 15.1. The molecule has 1 aromatic carbocycles. The van der Waals surface area contributed by atoms with E-state index in [2.05, 4.69) is 17.9 Å². The molecular formula is C15H23N3O. The van der Waals surface area contributed by atoms with Crippen molar-refractivity contribution in [2.45, 2.75) is 38.6 Å². The first-order valence-corrected chi connectivity index (χ1v) is 6.96. The number of benzene rings is 1. The Bertz CT molecular complexity index is 455. The lowest BCUT2D eigenvalue weighted by atomic mass is 9.90. The summed E-state index contributed by atoms with van der Waals surface area (Å²) in [6, 6.07) is 6.56. The molecule has 0 heterocycles. The fourth-order valence-corrected chi connectivity index (χ4v) is 2.55. The Morgan fingerprint density at radius 2 is 2.21 bits per heavy atom. The minimum atomic E-state index is 0.114. The van der Waals surface area contributed by atoms with Crippen LogP contribution in [-0.2, 0) is 0 Å². The molecule has 1 fully saturated rings. The Hall–Kier alpha value is -1.55. The van der Waals surface area contributed by atoms with Gasteiger partial charge in [-0.1, -0.05) is 6.07 Å². The van der Waals surface area contributed by atoms with Crippen LogP contribution in [-0.4, -0.2) is 30.1 Å². The summed E-state index contributed by atoms with van der Waals surface area (Å²) in [6.45, 7) is 3.08. The van der Waals surface area contributed by atoms with Crippen LogP contribution in [0.4, 0.5) is 5.69 Å². The number of aliphatic hydroxyl groups is 1. The van der Waals surface area contributed by atoms with Crippen molar-refractivity contribution in [3.63, 3.8) is 0 Å². The molecule has 4 heteroatoms. The highest BCUT2D eigenvalue weighted by Gasteiger charge is 2.26. The quantitative estimate of drug-likeness (QED) is 0.542. The lowest BCUT2D eigenvalue weighted by Crippen LogP contribution is -2.42. The highest BCUT2D eigenvalue weighted by molar-refractivity contribution is 6.00. The fraction of sp³-hybridized carbons (Fsp3) is 0.533. The lowest BCUT2D eigenvalue weighted by Gasteiger charge is -2.40. The van der Waals surface area contributed by atoms with E-state index in [-0.39, 0.29) is 12.4 Å². The molecule has 4 N–H and O–H groups in total. The van der Waals surface area contributed by atoms with E-state index in [1.165, 1.54) is 24.8 Å². The minimum Gasteiger partial charge on any atom is -0.396 e. The van der Waals surface area contributed by atoms with Gasteiger partial charge in [0.2, 0.25) is 0 Å². The van der Waals surface area contributed by atoms with E-state index >= 15 is 0 Å². The van der Waals surface area contributed by atoms with E-state index in [9.17, 15) is 0 Å². The number of aryl methyl sites for hydroxylation is 1. The second kappa shape index (κ2) is 6.06. The Balaban J connectivity index is 2.33. The molecule has 0 unspecified atom stereocenters. The smallest absolute Gasteiger partial charge is 0.124 e. The van der Waals surface area contributed by atoms with E-state index in [0.717, 1.165) is 24.2 Å². The summed E-state index contributed by atoms with van der Waals surface area (Å²) in [5, 5.41) is 16.8. The third-order valence-electron chi connectivity index (χ3n) is 3.83. The van der Waals surface area contributed by atoms with Gasteiger partial charge in [-0.05, 0) is 50.3 Å². The number of aliphatic hydroxyl groups excluding tert-OH is 1. The molecule has 0 radical (unpaired) electrons. The number of nitrogens with two attached hydrogens (primary N) is 1. The molecule has 2 rings (SSSR count). The number of hydrogen-bond acceptors (Lipinski definition) is 3. The van der Waals surface area contributed by atoms with Gasteiger partial charge < -0.3 is 15.7 Å². The van der Waals surface area contributed by atoms with Crippen LogP contribution in [0.1, 0.15) is 36.8 Å². The Morgan fingerprint density at radius 3 is 2.74 bits per heavy atom. The average Bonchev–Trinajstić information content (AvgIpc) is 2.31. The average molecular weight is 261 g/mol.